The Morgan fingerprint density at radius 2 is 2.06 bits per heavy atom. The van der Waals surface area contributed by atoms with E-state index in [-0.39, 0.29) is 6.61 Å². The fraction of sp³-hybridized carbons (Fsp3) is 0.286. The molecule has 0 saturated carbocycles. The van der Waals surface area contributed by atoms with E-state index in [1.807, 2.05) is 0 Å². The number of thiophene rings is 1. The molecule has 0 amide bonds. The summed E-state index contributed by atoms with van der Waals surface area (Å²) in [6, 6.07) is 10.7. The van der Waals surface area contributed by atoms with Gasteiger partial charge >= 0.3 is 0 Å². The monoisotopic (exact) mass is 232 g/mol. The van der Waals surface area contributed by atoms with Crippen LogP contribution >= 0.6 is 11.3 Å². The summed E-state index contributed by atoms with van der Waals surface area (Å²) in [4.78, 5) is 1.32. The summed E-state index contributed by atoms with van der Waals surface area (Å²) >= 11 is 1.79. The van der Waals surface area contributed by atoms with Gasteiger partial charge in [0, 0.05) is 11.5 Å². The smallest absolute Gasteiger partial charge is 0.0471 e. The molecule has 1 aromatic heterocycles. The van der Waals surface area contributed by atoms with Crippen LogP contribution in [0.15, 0.2) is 35.7 Å². The van der Waals surface area contributed by atoms with Crippen molar-refractivity contribution in [3.63, 3.8) is 0 Å². The first-order valence-corrected chi connectivity index (χ1v) is 6.49. The van der Waals surface area contributed by atoms with Gasteiger partial charge in [-0.15, -0.1) is 11.3 Å². The maximum absolute atomic E-state index is 8.93. The minimum Gasteiger partial charge on any atom is -0.396 e. The zero-order valence-corrected chi connectivity index (χ0v) is 10.3. The molecule has 0 aliphatic heterocycles. The zero-order valence-electron chi connectivity index (χ0n) is 9.44. The fourth-order valence-corrected chi connectivity index (χ4v) is 2.72. The Bertz CT molecular complexity index is 459. The molecular weight excluding hydrogens is 216 g/mol. The van der Waals surface area contributed by atoms with Crippen LogP contribution in [0.3, 0.4) is 0 Å². The van der Waals surface area contributed by atoms with Crippen LogP contribution in [0.2, 0.25) is 0 Å². The van der Waals surface area contributed by atoms with Crippen molar-refractivity contribution in [3.8, 4) is 10.4 Å². The summed E-state index contributed by atoms with van der Waals surface area (Å²) < 4.78 is 0. The highest BCUT2D eigenvalue weighted by Crippen LogP contribution is 2.28. The average Bonchev–Trinajstić information content (AvgIpc) is 2.78. The Kier molecular flexibility index (Phi) is 3.75. The molecule has 2 aromatic rings. The first kappa shape index (κ1) is 11.4. The molecule has 0 atom stereocenters. The summed E-state index contributed by atoms with van der Waals surface area (Å²) in [7, 11) is 0. The number of aliphatic hydroxyl groups is 1. The molecular formula is C14H16OS. The number of hydrogen-bond donors (Lipinski definition) is 1. The second-order valence-electron chi connectivity index (χ2n) is 3.85. The van der Waals surface area contributed by atoms with Crippen LogP contribution in [0.4, 0.5) is 0 Å². The Hall–Kier alpha value is -1.12. The molecule has 0 unspecified atom stereocenters. The van der Waals surface area contributed by atoms with E-state index < -0.39 is 0 Å². The average molecular weight is 232 g/mol. The highest BCUT2D eigenvalue weighted by molar-refractivity contribution is 7.13. The third-order valence-electron chi connectivity index (χ3n) is 2.67. The van der Waals surface area contributed by atoms with Crippen LogP contribution in [-0.4, -0.2) is 11.7 Å². The van der Waals surface area contributed by atoms with Gasteiger partial charge < -0.3 is 5.11 Å². The van der Waals surface area contributed by atoms with Crippen LogP contribution in [0.1, 0.15) is 18.1 Å². The van der Waals surface area contributed by atoms with E-state index in [4.69, 9.17) is 5.11 Å². The maximum atomic E-state index is 8.93. The van der Waals surface area contributed by atoms with Gasteiger partial charge in [-0.3, -0.25) is 0 Å². The molecule has 0 fully saturated rings. The Balaban J connectivity index is 2.28. The van der Waals surface area contributed by atoms with Crippen LogP contribution in [0.5, 0.6) is 0 Å². The third-order valence-corrected chi connectivity index (χ3v) is 3.70. The van der Waals surface area contributed by atoms with Gasteiger partial charge in [0.2, 0.25) is 0 Å². The molecule has 2 rings (SSSR count). The van der Waals surface area contributed by atoms with Crippen LogP contribution < -0.4 is 0 Å². The van der Waals surface area contributed by atoms with Crippen LogP contribution in [0.25, 0.3) is 10.4 Å². The zero-order chi connectivity index (χ0) is 11.4. The van der Waals surface area contributed by atoms with Crippen molar-refractivity contribution in [1.29, 1.82) is 0 Å². The second kappa shape index (κ2) is 5.28. The lowest BCUT2D eigenvalue weighted by Gasteiger charge is -2.01. The number of aliphatic hydroxyl groups excluding tert-OH is 1. The van der Waals surface area contributed by atoms with Crippen molar-refractivity contribution in [1.82, 2.24) is 0 Å². The van der Waals surface area contributed by atoms with Crippen molar-refractivity contribution in [3.05, 3.63) is 46.8 Å². The van der Waals surface area contributed by atoms with Gasteiger partial charge in [-0.05, 0) is 41.0 Å². The largest absolute Gasteiger partial charge is 0.396 e. The normalized spacial score (nSPS) is 10.6. The van der Waals surface area contributed by atoms with Crippen LogP contribution in [0, 0.1) is 0 Å². The molecule has 0 bridgehead atoms. The van der Waals surface area contributed by atoms with Crippen molar-refractivity contribution in [2.45, 2.75) is 19.8 Å². The minimum absolute atomic E-state index is 0.216. The highest BCUT2D eigenvalue weighted by atomic mass is 32.1. The minimum atomic E-state index is 0.216. The SMILES string of the molecule is CCc1csc(-c2cccc(CCO)c2)c1. The first-order chi connectivity index (χ1) is 7.83. The molecule has 0 aliphatic carbocycles. The van der Waals surface area contributed by atoms with Gasteiger partial charge in [-0.1, -0.05) is 31.2 Å². The molecule has 1 nitrogen and oxygen atoms in total. The Morgan fingerprint density at radius 1 is 1.19 bits per heavy atom. The number of hydrogen-bond acceptors (Lipinski definition) is 2. The van der Waals surface area contributed by atoms with E-state index in [0.29, 0.717) is 0 Å². The van der Waals surface area contributed by atoms with Crippen molar-refractivity contribution in [2.75, 3.05) is 6.61 Å². The van der Waals surface area contributed by atoms with Crippen molar-refractivity contribution < 1.29 is 5.11 Å². The summed E-state index contributed by atoms with van der Waals surface area (Å²) in [5, 5.41) is 11.1. The molecule has 84 valence electrons. The van der Waals surface area contributed by atoms with Gasteiger partial charge in [-0.25, -0.2) is 0 Å². The number of aryl methyl sites for hydroxylation is 1. The summed E-state index contributed by atoms with van der Waals surface area (Å²) in [5.74, 6) is 0. The molecule has 0 aliphatic rings. The van der Waals surface area contributed by atoms with E-state index >= 15 is 0 Å². The molecule has 16 heavy (non-hydrogen) atoms. The quantitative estimate of drug-likeness (QED) is 0.855. The predicted molar refractivity (Wildman–Crippen MR) is 69.9 cm³/mol. The molecule has 0 saturated heterocycles. The number of benzene rings is 1. The molecule has 2 heteroatoms. The molecule has 0 radical (unpaired) electrons. The standard InChI is InChI=1S/C14H16OS/c1-2-11-9-14(16-10-11)13-5-3-4-12(8-13)6-7-15/h3-5,8-10,15H,2,6-7H2,1H3. The van der Waals surface area contributed by atoms with Crippen LogP contribution in [-0.2, 0) is 12.8 Å². The lowest BCUT2D eigenvalue weighted by molar-refractivity contribution is 0.299. The first-order valence-electron chi connectivity index (χ1n) is 5.61. The maximum Gasteiger partial charge on any atom is 0.0471 e. The van der Waals surface area contributed by atoms with E-state index in [2.05, 4.69) is 42.6 Å². The van der Waals surface area contributed by atoms with Crippen molar-refractivity contribution >= 4 is 11.3 Å². The molecule has 1 heterocycles. The van der Waals surface area contributed by atoms with Gasteiger partial charge in [0.15, 0.2) is 0 Å². The van der Waals surface area contributed by atoms with Gasteiger partial charge in [-0.2, -0.15) is 0 Å². The van der Waals surface area contributed by atoms with E-state index in [1.54, 1.807) is 11.3 Å². The summed E-state index contributed by atoms with van der Waals surface area (Å²) in [6.45, 7) is 2.39. The lowest BCUT2D eigenvalue weighted by atomic mass is 10.1. The van der Waals surface area contributed by atoms with E-state index in [0.717, 1.165) is 12.8 Å². The molecule has 0 spiro atoms. The predicted octanol–water partition coefficient (Wildman–Crippen LogP) is 3.51. The van der Waals surface area contributed by atoms with E-state index in [9.17, 15) is 0 Å². The second-order valence-corrected chi connectivity index (χ2v) is 4.76. The van der Waals surface area contributed by atoms with Gasteiger partial charge in [0.1, 0.15) is 0 Å². The highest BCUT2D eigenvalue weighted by Gasteiger charge is 2.02. The topological polar surface area (TPSA) is 20.2 Å². The molecule has 1 N–H and O–H groups in total. The summed E-state index contributed by atoms with van der Waals surface area (Å²) in [5.41, 5.74) is 3.86. The van der Waals surface area contributed by atoms with Crippen molar-refractivity contribution in [2.24, 2.45) is 0 Å². The Morgan fingerprint density at radius 3 is 2.75 bits per heavy atom. The van der Waals surface area contributed by atoms with Gasteiger partial charge in [0.05, 0.1) is 0 Å². The Labute approximate surface area is 100 Å². The summed E-state index contributed by atoms with van der Waals surface area (Å²) in [6.07, 6.45) is 1.83. The number of rotatable bonds is 4. The van der Waals surface area contributed by atoms with E-state index in [1.165, 1.54) is 21.6 Å². The molecule has 1 aromatic carbocycles. The lowest BCUT2D eigenvalue weighted by Crippen LogP contribution is -1.89. The van der Waals surface area contributed by atoms with Gasteiger partial charge in [0.25, 0.3) is 0 Å². The third kappa shape index (κ3) is 2.52. The fourth-order valence-electron chi connectivity index (χ4n) is 1.72.